The number of hydrogen-bond acceptors (Lipinski definition) is 7. The van der Waals surface area contributed by atoms with E-state index in [0.29, 0.717) is 37.5 Å². The first kappa shape index (κ1) is 32.9. The second-order valence-electron chi connectivity index (χ2n) is 11.9. The van der Waals surface area contributed by atoms with E-state index in [9.17, 15) is 28.0 Å². The van der Waals surface area contributed by atoms with Crippen molar-refractivity contribution in [3.63, 3.8) is 0 Å². The first-order valence-electron chi connectivity index (χ1n) is 14.6. The van der Waals surface area contributed by atoms with Crippen molar-refractivity contribution in [3.05, 3.63) is 58.4 Å². The lowest BCUT2D eigenvalue weighted by Gasteiger charge is -2.33. The standard InChI is InChI=1S/C31H38FN5O6S/c1-6-20(2)37(44(40)41)27-10-8-25(32)28(24(27)18-33)42-22-7-9-26-23(17-22)29(38)36(19-34-26)16-13-21-11-14-35(15-12-21)30(39)43-31(3,4)5/h7-10,17,19-21H,6,11-16H2,1-5H3,(H,40,41). The lowest BCUT2D eigenvalue weighted by atomic mass is 9.94. The van der Waals surface area contributed by atoms with Crippen molar-refractivity contribution in [1.82, 2.24) is 14.5 Å². The van der Waals surface area contributed by atoms with Crippen LogP contribution in [0.15, 0.2) is 41.5 Å². The molecular weight excluding hydrogens is 589 g/mol. The minimum absolute atomic E-state index is 0.0563. The molecule has 1 N–H and O–H groups in total. The highest BCUT2D eigenvalue weighted by molar-refractivity contribution is 7.80. The smallest absolute Gasteiger partial charge is 0.410 e. The number of fused-ring (bicyclic) bond motifs is 1. The first-order valence-corrected chi connectivity index (χ1v) is 15.7. The van der Waals surface area contributed by atoms with Crippen molar-refractivity contribution >= 4 is 34.0 Å². The van der Waals surface area contributed by atoms with Crippen LogP contribution >= 0.6 is 0 Å². The normalized spacial score (nSPS) is 15.5. The average Bonchev–Trinajstić information content (AvgIpc) is 2.98. The SMILES string of the molecule is CCC(C)N(c1ccc(F)c(Oc2ccc3ncn(CCC4CCN(C(=O)OC(C)(C)C)CC4)c(=O)c3c2)c1C#N)S(=O)O. The molecule has 0 bridgehead atoms. The van der Waals surface area contributed by atoms with Crippen molar-refractivity contribution in [2.45, 2.75) is 78.5 Å². The van der Waals surface area contributed by atoms with Gasteiger partial charge in [-0.15, -0.1) is 0 Å². The fraction of sp³-hybridized carbons (Fsp3) is 0.484. The van der Waals surface area contributed by atoms with E-state index in [2.05, 4.69) is 4.98 Å². The number of likely N-dealkylation sites (tertiary alicyclic amines) is 1. The van der Waals surface area contributed by atoms with Crippen LogP contribution in [-0.4, -0.2) is 54.0 Å². The van der Waals surface area contributed by atoms with Gasteiger partial charge in [0.15, 0.2) is 11.6 Å². The molecule has 44 heavy (non-hydrogen) atoms. The molecule has 0 radical (unpaired) electrons. The molecule has 0 aliphatic carbocycles. The van der Waals surface area contributed by atoms with Crippen molar-refractivity contribution < 1.29 is 27.4 Å². The number of ether oxygens (including phenoxy) is 2. The third-order valence-electron chi connectivity index (χ3n) is 7.66. The number of amides is 1. The Morgan fingerprint density at radius 1 is 1.27 bits per heavy atom. The summed E-state index contributed by atoms with van der Waals surface area (Å²) in [7, 11) is 0. The topological polar surface area (TPSA) is 138 Å². The van der Waals surface area contributed by atoms with E-state index in [1.807, 2.05) is 33.8 Å². The Bertz CT molecular complexity index is 1640. The van der Waals surface area contributed by atoms with E-state index in [-0.39, 0.29) is 34.0 Å². The Morgan fingerprint density at radius 3 is 2.59 bits per heavy atom. The molecule has 3 aromatic rings. The molecule has 2 unspecified atom stereocenters. The highest BCUT2D eigenvalue weighted by atomic mass is 32.2. The Hall–Kier alpha value is -4.02. The van der Waals surface area contributed by atoms with Gasteiger partial charge in [-0.3, -0.25) is 18.2 Å². The van der Waals surface area contributed by atoms with Gasteiger partial charge >= 0.3 is 6.09 Å². The molecule has 1 fully saturated rings. The second-order valence-corrected chi connectivity index (χ2v) is 12.8. The van der Waals surface area contributed by atoms with Crippen LogP contribution in [0.25, 0.3) is 10.9 Å². The van der Waals surface area contributed by atoms with Gasteiger partial charge in [-0.1, -0.05) is 6.92 Å². The quantitative estimate of drug-likeness (QED) is 0.286. The second kappa shape index (κ2) is 13.7. The maximum Gasteiger partial charge on any atom is 0.410 e. The third kappa shape index (κ3) is 7.54. The molecule has 1 aliphatic rings. The lowest BCUT2D eigenvalue weighted by Crippen LogP contribution is -2.41. The Labute approximate surface area is 258 Å². The van der Waals surface area contributed by atoms with Gasteiger partial charge in [0.2, 0.25) is 0 Å². The third-order valence-corrected chi connectivity index (χ3v) is 8.55. The Morgan fingerprint density at radius 2 is 1.98 bits per heavy atom. The van der Waals surface area contributed by atoms with E-state index in [0.717, 1.165) is 29.6 Å². The molecule has 13 heteroatoms. The summed E-state index contributed by atoms with van der Waals surface area (Å²) in [5.74, 6) is -0.810. The van der Waals surface area contributed by atoms with Crippen molar-refractivity contribution in [1.29, 1.82) is 5.26 Å². The number of aryl methyl sites for hydroxylation is 1. The van der Waals surface area contributed by atoms with E-state index in [1.165, 1.54) is 29.1 Å². The lowest BCUT2D eigenvalue weighted by molar-refractivity contribution is 0.0179. The summed E-state index contributed by atoms with van der Waals surface area (Å²) in [6.45, 7) is 10.7. The predicted octanol–water partition coefficient (Wildman–Crippen LogP) is 5.98. The Balaban J connectivity index is 1.52. The summed E-state index contributed by atoms with van der Waals surface area (Å²) in [4.78, 5) is 31.9. The molecule has 1 amide bonds. The number of aromatic nitrogens is 2. The number of nitriles is 1. The van der Waals surface area contributed by atoms with E-state index >= 15 is 0 Å². The minimum Gasteiger partial charge on any atom is -0.453 e. The van der Waals surface area contributed by atoms with E-state index < -0.39 is 34.5 Å². The van der Waals surface area contributed by atoms with Crippen LogP contribution in [0.2, 0.25) is 0 Å². The number of anilines is 1. The molecule has 1 saturated heterocycles. The monoisotopic (exact) mass is 627 g/mol. The van der Waals surface area contributed by atoms with Crippen LogP contribution in [0.1, 0.15) is 65.9 Å². The maximum atomic E-state index is 15.0. The highest BCUT2D eigenvalue weighted by Gasteiger charge is 2.28. The number of piperidine rings is 1. The van der Waals surface area contributed by atoms with Crippen LogP contribution in [0, 0.1) is 23.1 Å². The highest BCUT2D eigenvalue weighted by Crippen LogP contribution is 2.36. The van der Waals surface area contributed by atoms with Crippen molar-refractivity contribution in [3.8, 4) is 17.6 Å². The van der Waals surface area contributed by atoms with Gasteiger partial charge in [-0.2, -0.15) is 5.26 Å². The fourth-order valence-corrected chi connectivity index (χ4v) is 5.89. The summed E-state index contributed by atoms with van der Waals surface area (Å²) in [6.07, 6.45) is 4.02. The van der Waals surface area contributed by atoms with E-state index in [1.54, 1.807) is 17.9 Å². The zero-order chi connectivity index (χ0) is 32.2. The van der Waals surface area contributed by atoms with Crippen LogP contribution < -0.4 is 14.6 Å². The summed E-state index contributed by atoms with van der Waals surface area (Å²) in [5.41, 5.74) is -0.595. The van der Waals surface area contributed by atoms with Gasteiger partial charge in [0.05, 0.1) is 22.9 Å². The number of halogens is 1. The van der Waals surface area contributed by atoms with Gasteiger partial charge in [-0.05, 0) is 89.6 Å². The van der Waals surface area contributed by atoms with Gasteiger partial charge in [0.25, 0.3) is 16.8 Å². The van der Waals surface area contributed by atoms with Gasteiger partial charge in [0, 0.05) is 25.7 Å². The zero-order valence-electron chi connectivity index (χ0n) is 25.6. The summed E-state index contributed by atoms with van der Waals surface area (Å²) in [5, 5.41) is 10.2. The molecule has 11 nitrogen and oxygen atoms in total. The van der Waals surface area contributed by atoms with Gasteiger partial charge < -0.3 is 14.4 Å². The molecule has 0 spiro atoms. The summed E-state index contributed by atoms with van der Waals surface area (Å²) >= 11 is -2.47. The van der Waals surface area contributed by atoms with Gasteiger partial charge in [0.1, 0.15) is 23.0 Å². The van der Waals surface area contributed by atoms with Crippen LogP contribution in [0.3, 0.4) is 0 Å². The van der Waals surface area contributed by atoms with Gasteiger partial charge in [-0.25, -0.2) is 18.4 Å². The summed E-state index contributed by atoms with van der Waals surface area (Å²) < 4.78 is 50.9. The zero-order valence-corrected chi connectivity index (χ0v) is 26.4. The minimum atomic E-state index is -2.47. The average molecular weight is 628 g/mol. The van der Waals surface area contributed by atoms with Crippen LogP contribution in [0.5, 0.6) is 11.5 Å². The summed E-state index contributed by atoms with van der Waals surface area (Å²) in [6, 6.07) is 8.36. The fourth-order valence-electron chi connectivity index (χ4n) is 5.11. The molecule has 1 aromatic heterocycles. The number of carbonyl (C=O) groups is 1. The molecule has 2 atom stereocenters. The molecule has 2 heterocycles. The molecule has 2 aromatic carbocycles. The van der Waals surface area contributed by atoms with Crippen LogP contribution in [-0.2, 0) is 22.5 Å². The van der Waals surface area contributed by atoms with Crippen molar-refractivity contribution in [2.75, 3.05) is 17.4 Å². The van der Waals surface area contributed by atoms with E-state index in [4.69, 9.17) is 9.47 Å². The van der Waals surface area contributed by atoms with Crippen molar-refractivity contribution in [2.24, 2.45) is 5.92 Å². The number of hydrogen-bond donors (Lipinski definition) is 1. The molecule has 4 rings (SSSR count). The Kier molecular flexibility index (Phi) is 10.3. The molecule has 0 saturated carbocycles. The first-order chi connectivity index (χ1) is 20.8. The predicted molar refractivity (Wildman–Crippen MR) is 165 cm³/mol. The number of nitrogens with zero attached hydrogens (tertiary/aromatic N) is 5. The molecule has 1 aliphatic heterocycles. The number of carbonyl (C=O) groups excluding carboxylic acids is 1. The number of benzene rings is 2. The largest absolute Gasteiger partial charge is 0.453 e. The van der Waals surface area contributed by atoms with Crippen LogP contribution in [0.4, 0.5) is 14.9 Å². The molecule has 236 valence electrons. The molecular formula is C31H38FN5O6S. The number of rotatable bonds is 9. The maximum absolute atomic E-state index is 15.0.